The number of urea groups is 1. The third kappa shape index (κ3) is 3.62. The van der Waals surface area contributed by atoms with E-state index in [4.69, 9.17) is 4.52 Å². The van der Waals surface area contributed by atoms with E-state index in [9.17, 15) is 4.79 Å². The molecule has 0 aliphatic carbocycles. The third-order valence-corrected chi connectivity index (χ3v) is 4.90. The highest BCUT2D eigenvalue weighted by Crippen LogP contribution is 2.31. The van der Waals surface area contributed by atoms with Crippen LogP contribution in [0.4, 0.5) is 10.5 Å². The summed E-state index contributed by atoms with van der Waals surface area (Å²) in [6.07, 6.45) is 1.07. The number of carbonyl (C=O) groups is 1. The highest BCUT2D eigenvalue weighted by Gasteiger charge is 2.25. The van der Waals surface area contributed by atoms with Gasteiger partial charge in [-0.05, 0) is 38.8 Å². The second-order valence-electron chi connectivity index (χ2n) is 6.77. The van der Waals surface area contributed by atoms with Crippen LogP contribution >= 0.6 is 0 Å². The number of para-hydroxylation sites is 1. The number of fused-ring (bicyclic) bond motifs is 1. The molecule has 2 amide bonds. The maximum Gasteiger partial charge on any atom is 0.317 e. The van der Waals surface area contributed by atoms with Gasteiger partial charge in [-0.1, -0.05) is 23.4 Å². The number of nitrogens with zero attached hydrogens (tertiary/aromatic N) is 3. The molecule has 1 aliphatic rings. The lowest BCUT2D eigenvalue weighted by Crippen LogP contribution is -2.42. The summed E-state index contributed by atoms with van der Waals surface area (Å²) in [6, 6.07) is 8.88. The molecule has 1 aromatic heterocycles. The van der Waals surface area contributed by atoms with Gasteiger partial charge in [0.1, 0.15) is 5.76 Å². The van der Waals surface area contributed by atoms with Crippen molar-refractivity contribution >= 4 is 11.7 Å². The smallest absolute Gasteiger partial charge is 0.317 e. The number of aromatic nitrogens is 1. The van der Waals surface area contributed by atoms with E-state index in [2.05, 4.69) is 46.6 Å². The first-order valence-electron chi connectivity index (χ1n) is 8.72. The predicted molar refractivity (Wildman–Crippen MR) is 97.8 cm³/mol. The normalized spacial score (nSPS) is 16.0. The van der Waals surface area contributed by atoms with E-state index >= 15 is 0 Å². The number of rotatable bonds is 5. The van der Waals surface area contributed by atoms with Gasteiger partial charge in [-0.25, -0.2) is 4.79 Å². The summed E-state index contributed by atoms with van der Waals surface area (Å²) < 4.78 is 5.15. The minimum absolute atomic E-state index is 0.0832. The maximum atomic E-state index is 12.3. The zero-order valence-electron chi connectivity index (χ0n) is 15.4. The van der Waals surface area contributed by atoms with Crippen molar-refractivity contribution in [3.63, 3.8) is 0 Å². The molecule has 1 aromatic carbocycles. The first-order valence-corrected chi connectivity index (χ1v) is 8.72. The molecule has 0 radical (unpaired) electrons. The zero-order valence-corrected chi connectivity index (χ0v) is 15.4. The minimum Gasteiger partial charge on any atom is -0.367 e. The number of anilines is 1. The van der Waals surface area contributed by atoms with Crippen LogP contribution in [-0.2, 0) is 13.0 Å². The lowest BCUT2D eigenvalue weighted by Gasteiger charge is -2.26. The Morgan fingerprint density at radius 1 is 1.40 bits per heavy atom. The Hall–Kier alpha value is -2.50. The van der Waals surface area contributed by atoms with Gasteiger partial charge < -0.3 is 19.6 Å². The molecule has 0 spiro atoms. The van der Waals surface area contributed by atoms with Crippen LogP contribution in [0.15, 0.2) is 28.8 Å². The SMILES string of the molecule is Cc1noc(C)c1CN(C)C(=O)NCCN1c2ccccc2C[C@@H]1C. The number of hydrogen-bond acceptors (Lipinski definition) is 4. The molecule has 1 aliphatic heterocycles. The molecule has 0 saturated heterocycles. The van der Waals surface area contributed by atoms with Crippen molar-refractivity contribution < 1.29 is 9.32 Å². The highest BCUT2D eigenvalue weighted by atomic mass is 16.5. The van der Waals surface area contributed by atoms with E-state index in [1.54, 1.807) is 11.9 Å². The van der Waals surface area contributed by atoms with Gasteiger partial charge in [-0.2, -0.15) is 0 Å². The van der Waals surface area contributed by atoms with Crippen molar-refractivity contribution in [3.8, 4) is 0 Å². The first-order chi connectivity index (χ1) is 12.0. The zero-order chi connectivity index (χ0) is 18.0. The number of nitrogens with one attached hydrogen (secondary N) is 1. The lowest BCUT2D eigenvalue weighted by atomic mass is 10.1. The fourth-order valence-corrected chi connectivity index (χ4v) is 3.43. The summed E-state index contributed by atoms with van der Waals surface area (Å²) in [5.41, 5.74) is 4.48. The molecule has 6 nitrogen and oxygen atoms in total. The topological polar surface area (TPSA) is 61.6 Å². The summed E-state index contributed by atoms with van der Waals surface area (Å²) in [5.74, 6) is 0.764. The van der Waals surface area contributed by atoms with Gasteiger partial charge in [0.15, 0.2) is 0 Å². The Balaban J connectivity index is 1.51. The average Bonchev–Trinajstić information content (AvgIpc) is 3.08. The molecular formula is C19H26N4O2. The quantitative estimate of drug-likeness (QED) is 0.908. The lowest BCUT2D eigenvalue weighted by molar-refractivity contribution is 0.207. The number of carbonyl (C=O) groups excluding carboxylic acids is 1. The van der Waals surface area contributed by atoms with E-state index < -0.39 is 0 Å². The van der Waals surface area contributed by atoms with Crippen LogP contribution in [0.2, 0.25) is 0 Å². The second-order valence-corrected chi connectivity index (χ2v) is 6.77. The monoisotopic (exact) mass is 342 g/mol. The fourth-order valence-electron chi connectivity index (χ4n) is 3.43. The third-order valence-electron chi connectivity index (χ3n) is 4.90. The molecule has 1 atom stereocenters. The Labute approximate surface area is 148 Å². The van der Waals surface area contributed by atoms with E-state index in [-0.39, 0.29) is 6.03 Å². The Morgan fingerprint density at radius 2 is 2.16 bits per heavy atom. The molecule has 3 rings (SSSR count). The maximum absolute atomic E-state index is 12.3. The molecule has 0 unspecified atom stereocenters. The van der Waals surface area contributed by atoms with Gasteiger partial charge in [0.25, 0.3) is 0 Å². The van der Waals surface area contributed by atoms with Gasteiger partial charge in [0, 0.05) is 37.4 Å². The van der Waals surface area contributed by atoms with Crippen molar-refractivity contribution in [2.75, 3.05) is 25.0 Å². The van der Waals surface area contributed by atoms with Crippen molar-refractivity contribution in [1.82, 2.24) is 15.4 Å². The van der Waals surface area contributed by atoms with E-state index in [0.717, 1.165) is 30.0 Å². The number of benzene rings is 1. The van der Waals surface area contributed by atoms with E-state index in [1.807, 2.05) is 13.8 Å². The summed E-state index contributed by atoms with van der Waals surface area (Å²) >= 11 is 0. The van der Waals surface area contributed by atoms with Gasteiger partial charge in [0.05, 0.1) is 12.2 Å². The molecule has 134 valence electrons. The van der Waals surface area contributed by atoms with Crippen LogP contribution in [0, 0.1) is 13.8 Å². The molecular weight excluding hydrogens is 316 g/mol. The largest absolute Gasteiger partial charge is 0.367 e. The van der Waals surface area contributed by atoms with Crippen LogP contribution in [-0.4, -0.2) is 42.3 Å². The highest BCUT2D eigenvalue weighted by molar-refractivity contribution is 5.74. The Bertz CT molecular complexity index is 736. The van der Waals surface area contributed by atoms with Crippen LogP contribution in [0.3, 0.4) is 0 Å². The molecule has 0 bridgehead atoms. The van der Waals surface area contributed by atoms with E-state index in [1.165, 1.54) is 11.3 Å². The van der Waals surface area contributed by atoms with Crippen molar-refractivity contribution in [3.05, 3.63) is 46.8 Å². The first kappa shape index (κ1) is 17.3. The standard InChI is InChI=1S/C19H26N4O2/c1-13-11-16-7-5-6-8-18(16)23(13)10-9-20-19(24)22(4)12-17-14(2)21-25-15(17)3/h5-8,13H,9-12H2,1-4H3,(H,20,24)/t13-/m0/s1. The molecule has 25 heavy (non-hydrogen) atoms. The Morgan fingerprint density at radius 3 is 2.88 bits per heavy atom. The van der Waals surface area contributed by atoms with Crippen LogP contribution in [0.5, 0.6) is 0 Å². The predicted octanol–water partition coefficient (Wildman–Crippen LogP) is 2.88. The molecule has 6 heteroatoms. The molecule has 1 N–H and O–H groups in total. The van der Waals surface area contributed by atoms with Crippen molar-refractivity contribution in [2.24, 2.45) is 0 Å². The molecule has 0 fully saturated rings. The number of hydrogen-bond donors (Lipinski definition) is 1. The van der Waals surface area contributed by atoms with Gasteiger partial charge in [-0.15, -0.1) is 0 Å². The Kier molecular flexibility index (Phi) is 4.97. The number of aryl methyl sites for hydroxylation is 2. The van der Waals surface area contributed by atoms with Gasteiger partial charge in [0.2, 0.25) is 0 Å². The summed E-state index contributed by atoms with van der Waals surface area (Å²) in [6.45, 7) is 7.91. The second kappa shape index (κ2) is 7.17. The summed E-state index contributed by atoms with van der Waals surface area (Å²) in [5, 5.41) is 6.94. The molecule has 0 saturated carbocycles. The molecule has 2 aromatic rings. The van der Waals surface area contributed by atoms with Gasteiger partial charge >= 0.3 is 6.03 Å². The fraction of sp³-hybridized carbons (Fsp3) is 0.474. The minimum atomic E-state index is -0.0832. The van der Waals surface area contributed by atoms with Crippen molar-refractivity contribution in [2.45, 2.75) is 39.8 Å². The molecule has 2 heterocycles. The van der Waals surface area contributed by atoms with Gasteiger partial charge in [-0.3, -0.25) is 0 Å². The van der Waals surface area contributed by atoms with Crippen LogP contribution in [0.1, 0.15) is 29.5 Å². The van der Waals surface area contributed by atoms with Crippen LogP contribution < -0.4 is 10.2 Å². The summed E-state index contributed by atoms with van der Waals surface area (Å²) in [4.78, 5) is 16.4. The number of amides is 2. The van der Waals surface area contributed by atoms with E-state index in [0.29, 0.717) is 19.1 Å². The van der Waals surface area contributed by atoms with Crippen molar-refractivity contribution in [1.29, 1.82) is 0 Å². The van der Waals surface area contributed by atoms with Crippen LogP contribution in [0.25, 0.3) is 0 Å². The summed E-state index contributed by atoms with van der Waals surface area (Å²) in [7, 11) is 1.79. The average molecular weight is 342 g/mol.